The molecule has 0 bridgehead atoms. The molecule has 7 nitrogen and oxygen atoms in total. The van der Waals surface area contributed by atoms with Crippen LogP contribution in [-0.4, -0.2) is 38.9 Å². The molecular weight excluding hydrogens is 412 g/mol. The van der Waals surface area contributed by atoms with Gasteiger partial charge in [-0.1, -0.05) is 35.0 Å². The maximum absolute atomic E-state index is 10.3. The van der Waals surface area contributed by atoms with Gasteiger partial charge in [-0.2, -0.15) is 4.98 Å². The van der Waals surface area contributed by atoms with Gasteiger partial charge in [-0.25, -0.2) is 0 Å². The Bertz CT molecular complexity index is 1170. The third-order valence-corrected chi connectivity index (χ3v) is 5.72. The van der Waals surface area contributed by atoms with Crippen molar-refractivity contribution in [1.29, 1.82) is 0 Å². The van der Waals surface area contributed by atoms with Gasteiger partial charge < -0.3 is 24.6 Å². The van der Waals surface area contributed by atoms with Crippen LogP contribution in [0.2, 0.25) is 0 Å². The van der Waals surface area contributed by atoms with E-state index < -0.39 is 0 Å². The number of hydrogen-bond donors (Lipinski definition) is 2. The van der Waals surface area contributed by atoms with Crippen LogP contribution in [0.15, 0.2) is 52.7 Å². The van der Waals surface area contributed by atoms with Crippen molar-refractivity contribution in [1.82, 2.24) is 20.4 Å². The highest BCUT2D eigenvalue weighted by Crippen LogP contribution is 2.39. The SMILES string of the molecule is CCN1C(=S)NC(c2ccc(OC)c(O)c2)C(c2nc(-c3cccc(C)c3)no2)=C1C. The second-order valence-corrected chi connectivity index (χ2v) is 7.74. The van der Waals surface area contributed by atoms with Crippen LogP contribution in [0.1, 0.15) is 36.9 Å². The molecule has 4 rings (SSSR count). The molecule has 2 aromatic carbocycles. The van der Waals surface area contributed by atoms with Crippen LogP contribution < -0.4 is 10.1 Å². The zero-order chi connectivity index (χ0) is 22.1. The predicted octanol–water partition coefficient (Wildman–Crippen LogP) is 4.44. The summed E-state index contributed by atoms with van der Waals surface area (Å²) < 4.78 is 10.9. The molecule has 0 amide bonds. The van der Waals surface area contributed by atoms with Gasteiger partial charge in [-0.3, -0.25) is 0 Å². The third kappa shape index (κ3) is 3.86. The fraction of sp³-hybridized carbons (Fsp3) is 0.261. The number of hydrogen-bond acceptors (Lipinski definition) is 6. The van der Waals surface area contributed by atoms with Crippen molar-refractivity contribution >= 4 is 22.9 Å². The monoisotopic (exact) mass is 436 g/mol. The van der Waals surface area contributed by atoms with E-state index in [2.05, 4.69) is 15.5 Å². The number of rotatable bonds is 5. The molecule has 1 aliphatic heterocycles. The highest BCUT2D eigenvalue weighted by Gasteiger charge is 2.33. The molecule has 0 fully saturated rings. The van der Waals surface area contributed by atoms with Crippen LogP contribution in [0.4, 0.5) is 0 Å². The Balaban J connectivity index is 1.82. The normalized spacial score (nSPS) is 16.5. The summed E-state index contributed by atoms with van der Waals surface area (Å²) in [6, 6.07) is 12.9. The number of methoxy groups -OCH3 is 1. The molecule has 31 heavy (non-hydrogen) atoms. The molecule has 0 saturated heterocycles. The molecule has 160 valence electrons. The van der Waals surface area contributed by atoms with Crippen LogP contribution in [0.3, 0.4) is 0 Å². The minimum absolute atomic E-state index is 0.0496. The highest BCUT2D eigenvalue weighted by molar-refractivity contribution is 7.80. The molecule has 1 atom stereocenters. The molecule has 2 heterocycles. The number of aryl methyl sites for hydroxylation is 1. The van der Waals surface area contributed by atoms with Gasteiger partial charge in [0.2, 0.25) is 5.82 Å². The lowest BCUT2D eigenvalue weighted by atomic mass is 9.94. The van der Waals surface area contributed by atoms with Gasteiger partial charge in [0, 0.05) is 17.8 Å². The Morgan fingerprint density at radius 2 is 2.03 bits per heavy atom. The number of nitrogens with zero attached hydrogens (tertiary/aromatic N) is 3. The number of thiocarbonyl (C=S) groups is 1. The molecule has 0 radical (unpaired) electrons. The molecule has 1 unspecified atom stereocenters. The van der Waals surface area contributed by atoms with Crippen molar-refractivity contribution in [3.05, 3.63) is 65.2 Å². The molecule has 2 N–H and O–H groups in total. The van der Waals surface area contributed by atoms with Gasteiger partial charge in [0.15, 0.2) is 16.6 Å². The summed E-state index contributed by atoms with van der Waals surface area (Å²) in [5, 5.41) is 18.5. The van der Waals surface area contributed by atoms with E-state index in [1.807, 2.05) is 56.0 Å². The number of ether oxygens (including phenoxy) is 1. The predicted molar refractivity (Wildman–Crippen MR) is 123 cm³/mol. The van der Waals surface area contributed by atoms with E-state index in [4.69, 9.17) is 21.5 Å². The lowest BCUT2D eigenvalue weighted by molar-refractivity contribution is 0.372. The molecule has 0 aliphatic carbocycles. The average molecular weight is 437 g/mol. The van der Waals surface area contributed by atoms with Gasteiger partial charge in [0.05, 0.1) is 18.7 Å². The zero-order valence-corrected chi connectivity index (χ0v) is 18.7. The molecule has 1 aliphatic rings. The summed E-state index contributed by atoms with van der Waals surface area (Å²) in [5.74, 6) is 1.38. The van der Waals surface area contributed by atoms with Gasteiger partial charge in [0.1, 0.15) is 0 Å². The second kappa shape index (κ2) is 8.39. The van der Waals surface area contributed by atoms with Gasteiger partial charge in [0.25, 0.3) is 5.89 Å². The maximum Gasteiger partial charge on any atom is 0.258 e. The first-order chi connectivity index (χ1) is 14.9. The van der Waals surface area contributed by atoms with Gasteiger partial charge in [-0.05, 0) is 56.8 Å². The summed E-state index contributed by atoms with van der Waals surface area (Å²) in [6.07, 6.45) is 0. The Labute approximate surface area is 186 Å². The quantitative estimate of drug-likeness (QED) is 0.568. The second-order valence-electron chi connectivity index (χ2n) is 7.35. The number of benzene rings is 2. The van der Waals surface area contributed by atoms with Crippen LogP contribution >= 0.6 is 12.2 Å². The first-order valence-corrected chi connectivity index (χ1v) is 10.4. The molecule has 8 heteroatoms. The smallest absolute Gasteiger partial charge is 0.258 e. The van der Waals surface area contributed by atoms with Gasteiger partial charge in [-0.15, -0.1) is 0 Å². The summed E-state index contributed by atoms with van der Waals surface area (Å²) in [6.45, 7) is 6.73. The van der Waals surface area contributed by atoms with Crippen molar-refractivity contribution in [2.45, 2.75) is 26.8 Å². The summed E-state index contributed by atoms with van der Waals surface area (Å²) in [7, 11) is 1.52. The fourth-order valence-electron chi connectivity index (χ4n) is 3.81. The van der Waals surface area contributed by atoms with Crippen molar-refractivity contribution in [2.75, 3.05) is 13.7 Å². The number of nitrogens with one attached hydrogen (secondary N) is 1. The standard InChI is InChI=1S/C23H24N4O3S/c1-5-27-14(3)19(22-25-21(26-30-22)16-8-6-7-13(2)11-16)20(24-23(27)31)15-9-10-18(29-4)17(28)12-15/h6-12,20,28H,5H2,1-4H3,(H,24,31). The largest absolute Gasteiger partial charge is 0.504 e. The van der Waals surface area contributed by atoms with E-state index in [0.29, 0.717) is 29.1 Å². The Morgan fingerprint density at radius 3 is 2.71 bits per heavy atom. The van der Waals surface area contributed by atoms with E-state index in [0.717, 1.165) is 28.0 Å². The number of phenolic OH excluding ortho intramolecular Hbond substituents is 1. The number of allylic oxidation sites excluding steroid dienone is 1. The number of aromatic nitrogens is 2. The van der Waals surface area contributed by atoms with Crippen molar-refractivity contribution in [2.24, 2.45) is 0 Å². The average Bonchev–Trinajstić information content (AvgIpc) is 3.23. The van der Waals surface area contributed by atoms with Crippen molar-refractivity contribution in [3.8, 4) is 22.9 Å². The lowest BCUT2D eigenvalue weighted by Crippen LogP contribution is -2.45. The Hall–Kier alpha value is -3.39. The number of phenols is 1. The minimum Gasteiger partial charge on any atom is -0.504 e. The summed E-state index contributed by atoms with van der Waals surface area (Å²) in [5.41, 5.74) is 4.55. The zero-order valence-electron chi connectivity index (χ0n) is 17.8. The molecular formula is C23H24N4O3S. The van der Waals surface area contributed by atoms with E-state index in [1.54, 1.807) is 12.1 Å². The van der Waals surface area contributed by atoms with Crippen LogP contribution in [0.25, 0.3) is 17.0 Å². The van der Waals surface area contributed by atoms with E-state index in [1.165, 1.54) is 7.11 Å². The summed E-state index contributed by atoms with van der Waals surface area (Å²) in [4.78, 5) is 6.68. The minimum atomic E-state index is -0.363. The molecule has 1 aromatic heterocycles. The Morgan fingerprint density at radius 1 is 1.23 bits per heavy atom. The van der Waals surface area contributed by atoms with Gasteiger partial charge >= 0.3 is 0 Å². The Kier molecular flexibility index (Phi) is 5.65. The van der Waals surface area contributed by atoms with E-state index in [-0.39, 0.29) is 11.8 Å². The van der Waals surface area contributed by atoms with Crippen LogP contribution in [0, 0.1) is 6.92 Å². The molecule has 0 spiro atoms. The maximum atomic E-state index is 10.3. The van der Waals surface area contributed by atoms with E-state index in [9.17, 15) is 5.11 Å². The summed E-state index contributed by atoms with van der Waals surface area (Å²) >= 11 is 5.59. The molecule has 3 aromatic rings. The van der Waals surface area contributed by atoms with Crippen molar-refractivity contribution in [3.63, 3.8) is 0 Å². The van der Waals surface area contributed by atoms with Crippen LogP contribution in [-0.2, 0) is 0 Å². The van der Waals surface area contributed by atoms with E-state index >= 15 is 0 Å². The fourth-order valence-corrected chi connectivity index (χ4v) is 4.19. The third-order valence-electron chi connectivity index (χ3n) is 5.38. The highest BCUT2D eigenvalue weighted by atomic mass is 32.1. The topological polar surface area (TPSA) is 83.7 Å². The number of aromatic hydroxyl groups is 1. The molecule has 0 saturated carbocycles. The van der Waals surface area contributed by atoms with Crippen LogP contribution in [0.5, 0.6) is 11.5 Å². The first-order valence-electron chi connectivity index (χ1n) is 9.99. The van der Waals surface area contributed by atoms with Crippen molar-refractivity contribution < 1.29 is 14.4 Å². The lowest BCUT2D eigenvalue weighted by Gasteiger charge is -2.36. The first kappa shape index (κ1) is 20.9.